The Labute approximate surface area is 132 Å². The number of amides is 1. The van der Waals surface area contributed by atoms with Crippen LogP contribution in [-0.4, -0.2) is 12.1 Å². The van der Waals surface area contributed by atoms with Crippen LogP contribution in [0.1, 0.15) is 16.3 Å². The van der Waals surface area contributed by atoms with E-state index in [9.17, 15) is 4.79 Å². The first-order valence-corrected chi connectivity index (χ1v) is 7.07. The first-order chi connectivity index (χ1) is 10.1. The predicted molar refractivity (Wildman–Crippen MR) is 82.7 cm³/mol. The molecule has 1 amide bonds. The molecule has 1 aromatic carbocycles. The van der Waals surface area contributed by atoms with E-state index in [-0.39, 0.29) is 5.76 Å². The Balaban J connectivity index is 1.73. The molecule has 0 saturated heterocycles. The number of nitrogens with one attached hydrogen (secondary N) is 1. The Morgan fingerprint density at radius 3 is 2.86 bits per heavy atom. The van der Waals surface area contributed by atoms with Crippen LogP contribution in [0.25, 0.3) is 11.0 Å². The SMILES string of the molecule is O=C(N/N=C/c1ccc(Br)o1)c1cc2cc(Cl)ccc2o1. The molecule has 0 aliphatic rings. The van der Waals surface area contributed by atoms with E-state index >= 15 is 0 Å². The minimum Gasteiger partial charge on any atom is -0.451 e. The third-order valence-electron chi connectivity index (χ3n) is 2.65. The first-order valence-electron chi connectivity index (χ1n) is 5.90. The standard InChI is InChI=1S/C14H8BrClN2O3/c15-13-4-2-10(20-13)7-17-18-14(19)12-6-8-5-9(16)1-3-11(8)21-12/h1-7H,(H,18,19)/b17-7+. The van der Waals surface area contributed by atoms with Crippen molar-refractivity contribution in [2.24, 2.45) is 5.10 Å². The number of hydrogen-bond acceptors (Lipinski definition) is 4. The Kier molecular flexibility index (Phi) is 3.81. The van der Waals surface area contributed by atoms with Crippen LogP contribution < -0.4 is 5.43 Å². The fourth-order valence-corrected chi connectivity index (χ4v) is 2.23. The van der Waals surface area contributed by atoms with E-state index in [0.717, 1.165) is 5.39 Å². The van der Waals surface area contributed by atoms with Gasteiger partial charge in [0, 0.05) is 10.4 Å². The Hall–Kier alpha value is -2.05. The second-order valence-corrected chi connectivity index (χ2v) is 5.35. The van der Waals surface area contributed by atoms with Gasteiger partial charge in [0.25, 0.3) is 0 Å². The van der Waals surface area contributed by atoms with Gasteiger partial charge in [-0.25, -0.2) is 5.43 Å². The molecule has 21 heavy (non-hydrogen) atoms. The molecule has 0 aliphatic carbocycles. The van der Waals surface area contributed by atoms with E-state index in [1.165, 1.54) is 6.21 Å². The minimum atomic E-state index is -0.454. The normalized spacial score (nSPS) is 11.3. The maximum absolute atomic E-state index is 11.9. The molecule has 0 saturated carbocycles. The van der Waals surface area contributed by atoms with Crippen molar-refractivity contribution >= 4 is 50.6 Å². The van der Waals surface area contributed by atoms with Crippen LogP contribution in [0.5, 0.6) is 0 Å². The van der Waals surface area contributed by atoms with Crippen LogP contribution in [0.4, 0.5) is 0 Å². The monoisotopic (exact) mass is 366 g/mol. The number of benzene rings is 1. The molecular formula is C14H8BrClN2O3. The fourth-order valence-electron chi connectivity index (χ4n) is 1.73. The van der Waals surface area contributed by atoms with Crippen LogP contribution in [0.3, 0.4) is 0 Å². The highest BCUT2D eigenvalue weighted by Gasteiger charge is 2.11. The van der Waals surface area contributed by atoms with Crippen molar-refractivity contribution in [3.05, 3.63) is 57.6 Å². The minimum absolute atomic E-state index is 0.157. The molecule has 2 aromatic heterocycles. The zero-order valence-corrected chi connectivity index (χ0v) is 12.8. The van der Waals surface area contributed by atoms with E-state index in [0.29, 0.717) is 21.0 Å². The number of furan rings is 2. The number of hydrazone groups is 1. The van der Waals surface area contributed by atoms with Crippen LogP contribution in [-0.2, 0) is 0 Å². The molecule has 0 atom stereocenters. The number of nitrogens with zero attached hydrogens (tertiary/aromatic N) is 1. The Morgan fingerprint density at radius 1 is 1.24 bits per heavy atom. The molecule has 3 rings (SSSR count). The van der Waals surface area contributed by atoms with Crippen molar-refractivity contribution in [2.75, 3.05) is 0 Å². The highest BCUT2D eigenvalue weighted by Crippen LogP contribution is 2.22. The molecule has 2 heterocycles. The molecule has 0 spiro atoms. The second-order valence-electron chi connectivity index (χ2n) is 4.13. The average Bonchev–Trinajstić information content (AvgIpc) is 3.04. The largest absolute Gasteiger partial charge is 0.451 e. The van der Waals surface area contributed by atoms with Crippen molar-refractivity contribution in [3.63, 3.8) is 0 Å². The van der Waals surface area contributed by atoms with Crippen LogP contribution in [0.2, 0.25) is 5.02 Å². The van der Waals surface area contributed by atoms with E-state index < -0.39 is 5.91 Å². The topological polar surface area (TPSA) is 67.7 Å². The lowest BCUT2D eigenvalue weighted by Gasteiger charge is -1.93. The maximum Gasteiger partial charge on any atom is 0.307 e. The lowest BCUT2D eigenvalue weighted by atomic mass is 10.2. The zero-order chi connectivity index (χ0) is 14.8. The van der Waals surface area contributed by atoms with Gasteiger partial charge in [0.15, 0.2) is 10.4 Å². The van der Waals surface area contributed by atoms with Crippen molar-refractivity contribution in [1.29, 1.82) is 0 Å². The molecule has 7 heteroatoms. The van der Waals surface area contributed by atoms with Crippen LogP contribution in [0.15, 0.2) is 55.0 Å². The summed E-state index contributed by atoms with van der Waals surface area (Å²) >= 11 is 9.05. The van der Waals surface area contributed by atoms with Gasteiger partial charge in [-0.05, 0) is 52.3 Å². The summed E-state index contributed by atoms with van der Waals surface area (Å²) in [4.78, 5) is 11.9. The summed E-state index contributed by atoms with van der Waals surface area (Å²) in [6, 6.07) is 10.2. The number of carbonyl (C=O) groups is 1. The summed E-state index contributed by atoms with van der Waals surface area (Å²) in [5.41, 5.74) is 2.95. The van der Waals surface area contributed by atoms with Crippen molar-refractivity contribution in [2.45, 2.75) is 0 Å². The number of rotatable bonds is 3. The number of carbonyl (C=O) groups excluding carboxylic acids is 1. The smallest absolute Gasteiger partial charge is 0.307 e. The summed E-state index contributed by atoms with van der Waals surface area (Å²) in [7, 11) is 0. The van der Waals surface area contributed by atoms with E-state index in [1.54, 1.807) is 36.4 Å². The van der Waals surface area contributed by atoms with Gasteiger partial charge in [-0.2, -0.15) is 5.10 Å². The number of hydrogen-bond donors (Lipinski definition) is 1. The van der Waals surface area contributed by atoms with E-state index in [2.05, 4.69) is 26.5 Å². The molecule has 0 fully saturated rings. The molecule has 5 nitrogen and oxygen atoms in total. The zero-order valence-electron chi connectivity index (χ0n) is 10.5. The van der Waals surface area contributed by atoms with Gasteiger partial charge in [0.1, 0.15) is 11.3 Å². The lowest BCUT2D eigenvalue weighted by Crippen LogP contribution is -2.16. The molecule has 3 aromatic rings. The third-order valence-corrected chi connectivity index (χ3v) is 3.32. The third kappa shape index (κ3) is 3.17. The van der Waals surface area contributed by atoms with E-state index in [4.69, 9.17) is 20.4 Å². The van der Waals surface area contributed by atoms with Gasteiger partial charge < -0.3 is 8.83 Å². The van der Waals surface area contributed by atoms with Gasteiger partial charge in [0.05, 0.1) is 6.21 Å². The quantitative estimate of drug-likeness (QED) is 0.557. The van der Waals surface area contributed by atoms with E-state index in [1.807, 2.05) is 0 Å². The molecule has 1 N–H and O–H groups in total. The van der Waals surface area contributed by atoms with Crippen molar-refractivity contribution in [1.82, 2.24) is 5.43 Å². The van der Waals surface area contributed by atoms with Gasteiger partial charge in [-0.15, -0.1) is 0 Å². The maximum atomic E-state index is 11.9. The predicted octanol–water partition coefficient (Wildman–Crippen LogP) is 4.21. The highest BCUT2D eigenvalue weighted by atomic mass is 79.9. The van der Waals surface area contributed by atoms with Crippen molar-refractivity contribution in [3.8, 4) is 0 Å². The van der Waals surface area contributed by atoms with Gasteiger partial charge in [0.2, 0.25) is 0 Å². The molecule has 0 bridgehead atoms. The Morgan fingerprint density at radius 2 is 2.10 bits per heavy atom. The fraction of sp³-hybridized carbons (Fsp3) is 0. The molecule has 0 unspecified atom stereocenters. The summed E-state index contributed by atoms with van der Waals surface area (Å²) < 4.78 is 11.2. The average molecular weight is 368 g/mol. The first kappa shape index (κ1) is 13.9. The van der Waals surface area contributed by atoms with Crippen LogP contribution >= 0.6 is 27.5 Å². The van der Waals surface area contributed by atoms with Crippen molar-refractivity contribution < 1.29 is 13.6 Å². The summed E-state index contributed by atoms with van der Waals surface area (Å²) in [6.07, 6.45) is 1.39. The molecule has 106 valence electrons. The summed E-state index contributed by atoms with van der Waals surface area (Å²) in [6.45, 7) is 0. The second kappa shape index (κ2) is 5.75. The molecular weight excluding hydrogens is 360 g/mol. The Bertz CT molecular complexity index is 838. The number of fused-ring (bicyclic) bond motifs is 1. The number of halogens is 2. The van der Waals surface area contributed by atoms with Gasteiger partial charge >= 0.3 is 5.91 Å². The van der Waals surface area contributed by atoms with Gasteiger partial charge in [-0.1, -0.05) is 11.6 Å². The highest BCUT2D eigenvalue weighted by molar-refractivity contribution is 9.10. The van der Waals surface area contributed by atoms with Gasteiger partial charge in [-0.3, -0.25) is 4.79 Å². The van der Waals surface area contributed by atoms with Crippen LogP contribution in [0, 0.1) is 0 Å². The molecule has 0 aliphatic heterocycles. The summed E-state index contributed by atoms with van der Waals surface area (Å²) in [5.74, 6) is 0.216. The summed E-state index contributed by atoms with van der Waals surface area (Å²) in [5, 5.41) is 5.13. The lowest BCUT2D eigenvalue weighted by molar-refractivity contribution is 0.0929. The molecule has 0 radical (unpaired) electrons.